The second kappa shape index (κ2) is 6.11. The molecule has 1 saturated heterocycles. The van der Waals surface area contributed by atoms with Gasteiger partial charge in [-0.25, -0.2) is 0 Å². The Morgan fingerprint density at radius 3 is 3.11 bits per heavy atom. The summed E-state index contributed by atoms with van der Waals surface area (Å²) in [6.45, 7) is 1.77. The molecular formula is C13H19N3OS. The van der Waals surface area contributed by atoms with Crippen LogP contribution >= 0.6 is 12.2 Å². The van der Waals surface area contributed by atoms with Crippen LogP contribution < -0.4 is 10.6 Å². The minimum absolute atomic E-state index is 0.324. The molecule has 0 saturated carbocycles. The molecule has 1 aliphatic rings. The van der Waals surface area contributed by atoms with E-state index in [4.69, 9.17) is 22.7 Å². The fourth-order valence-electron chi connectivity index (χ4n) is 2.15. The van der Waals surface area contributed by atoms with Gasteiger partial charge in [-0.2, -0.15) is 0 Å². The van der Waals surface area contributed by atoms with Crippen LogP contribution in [0.5, 0.6) is 0 Å². The van der Waals surface area contributed by atoms with Crippen molar-refractivity contribution in [1.29, 1.82) is 0 Å². The Morgan fingerprint density at radius 1 is 1.61 bits per heavy atom. The smallest absolute Gasteiger partial charge is 0.122 e. The van der Waals surface area contributed by atoms with Gasteiger partial charge in [-0.15, -0.1) is 0 Å². The largest absolute Gasteiger partial charge is 0.388 e. The predicted molar refractivity (Wildman–Crippen MR) is 77.0 cm³/mol. The van der Waals surface area contributed by atoms with Crippen molar-refractivity contribution in [3.63, 3.8) is 0 Å². The lowest BCUT2D eigenvalue weighted by atomic mass is 10.1. The summed E-state index contributed by atoms with van der Waals surface area (Å²) in [4.78, 5) is 6.64. The monoisotopic (exact) mass is 265 g/mol. The van der Waals surface area contributed by atoms with E-state index in [0.717, 1.165) is 25.3 Å². The van der Waals surface area contributed by atoms with E-state index in [-0.39, 0.29) is 0 Å². The fourth-order valence-corrected chi connectivity index (χ4v) is 2.27. The molecule has 1 aromatic rings. The van der Waals surface area contributed by atoms with Crippen molar-refractivity contribution >= 4 is 22.9 Å². The molecule has 2 rings (SSSR count). The molecule has 0 spiro atoms. The number of rotatable bonds is 4. The van der Waals surface area contributed by atoms with E-state index in [1.54, 1.807) is 6.20 Å². The first-order valence-corrected chi connectivity index (χ1v) is 6.66. The molecule has 0 radical (unpaired) electrons. The summed E-state index contributed by atoms with van der Waals surface area (Å²) in [7, 11) is 2.05. The van der Waals surface area contributed by atoms with E-state index >= 15 is 0 Å². The van der Waals surface area contributed by atoms with Gasteiger partial charge in [0.25, 0.3) is 0 Å². The van der Waals surface area contributed by atoms with Gasteiger partial charge in [0.05, 0.1) is 11.8 Å². The van der Waals surface area contributed by atoms with E-state index in [9.17, 15) is 0 Å². The molecule has 0 aliphatic carbocycles. The van der Waals surface area contributed by atoms with Crippen molar-refractivity contribution in [1.82, 2.24) is 4.98 Å². The Bertz CT molecular complexity index is 418. The van der Waals surface area contributed by atoms with E-state index in [1.807, 2.05) is 12.1 Å². The maximum atomic E-state index is 5.74. The van der Waals surface area contributed by atoms with Crippen LogP contribution in [0.1, 0.15) is 25.0 Å². The Kier molecular flexibility index (Phi) is 4.49. The van der Waals surface area contributed by atoms with Crippen molar-refractivity contribution in [3.05, 3.63) is 24.0 Å². The molecule has 0 amide bonds. The number of thiocarbonyl (C=S) groups is 1. The molecule has 2 N–H and O–H groups in total. The SMILES string of the molecule is CN(CC1CCCCO1)c1ccnc(C(N)=S)c1. The zero-order valence-electron chi connectivity index (χ0n) is 10.6. The zero-order chi connectivity index (χ0) is 13.0. The molecule has 18 heavy (non-hydrogen) atoms. The van der Waals surface area contributed by atoms with Crippen molar-refractivity contribution in [2.24, 2.45) is 5.73 Å². The molecule has 4 nitrogen and oxygen atoms in total. The molecule has 1 atom stereocenters. The van der Waals surface area contributed by atoms with Crippen LogP contribution in [0.3, 0.4) is 0 Å². The van der Waals surface area contributed by atoms with Gasteiger partial charge >= 0.3 is 0 Å². The van der Waals surface area contributed by atoms with Gasteiger partial charge in [0.1, 0.15) is 4.99 Å². The van der Waals surface area contributed by atoms with Crippen LogP contribution in [0.4, 0.5) is 5.69 Å². The second-order valence-corrected chi connectivity index (χ2v) is 5.07. The van der Waals surface area contributed by atoms with Gasteiger partial charge in [-0.3, -0.25) is 4.98 Å². The lowest BCUT2D eigenvalue weighted by Crippen LogP contribution is -2.33. The molecule has 0 aromatic carbocycles. The Labute approximate surface area is 113 Å². The van der Waals surface area contributed by atoms with Crippen LogP contribution in [-0.2, 0) is 4.74 Å². The van der Waals surface area contributed by atoms with E-state index in [2.05, 4.69) is 16.9 Å². The highest BCUT2D eigenvalue weighted by molar-refractivity contribution is 7.80. The fraction of sp³-hybridized carbons (Fsp3) is 0.538. The zero-order valence-corrected chi connectivity index (χ0v) is 11.4. The molecule has 98 valence electrons. The summed E-state index contributed by atoms with van der Waals surface area (Å²) in [6.07, 6.45) is 5.64. The third-order valence-corrected chi connectivity index (χ3v) is 3.40. The Hall–Kier alpha value is -1.20. The van der Waals surface area contributed by atoms with Gasteiger partial charge in [-0.05, 0) is 31.4 Å². The highest BCUT2D eigenvalue weighted by atomic mass is 32.1. The molecule has 1 aromatic heterocycles. The Balaban J connectivity index is 2.01. The number of pyridine rings is 1. The summed E-state index contributed by atoms with van der Waals surface area (Å²) in [5, 5.41) is 0. The number of nitrogens with zero attached hydrogens (tertiary/aromatic N) is 2. The van der Waals surface area contributed by atoms with Crippen molar-refractivity contribution < 1.29 is 4.74 Å². The lowest BCUT2D eigenvalue weighted by Gasteiger charge is -2.28. The summed E-state index contributed by atoms with van der Waals surface area (Å²) >= 11 is 4.94. The topological polar surface area (TPSA) is 51.4 Å². The molecule has 5 heteroatoms. The van der Waals surface area contributed by atoms with Crippen LogP contribution in [0.25, 0.3) is 0 Å². The average Bonchev–Trinajstić information content (AvgIpc) is 2.40. The summed E-state index contributed by atoms with van der Waals surface area (Å²) in [6, 6.07) is 3.88. The van der Waals surface area contributed by atoms with Gasteiger partial charge in [0.2, 0.25) is 0 Å². The lowest BCUT2D eigenvalue weighted by molar-refractivity contribution is 0.0216. The quantitative estimate of drug-likeness (QED) is 0.840. The number of aromatic nitrogens is 1. The van der Waals surface area contributed by atoms with Crippen LogP contribution in [0.2, 0.25) is 0 Å². The van der Waals surface area contributed by atoms with Gasteiger partial charge in [-0.1, -0.05) is 12.2 Å². The van der Waals surface area contributed by atoms with Gasteiger partial charge < -0.3 is 15.4 Å². The van der Waals surface area contributed by atoms with Crippen molar-refractivity contribution in [2.75, 3.05) is 25.1 Å². The normalized spacial score (nSPS) is 19.5. The van der Waals surface area contributed by atoms with Gasteiger partial charge in [0.15, 0.2) is 0 Å². The molecule has 1 aliphatic heterocycles. The van der Waals surface area contributed by atoms with Crippen LogP contribution in [0, 0.1) is 0 Å². The second-order valence-electron chi connectivity index (χ2n) is 4.63. The average molecular weight is 265 g/mol. The number of hydrogen-bond acceptors (Lipinski definition) is 4. The maximum Gasteiger partial charge on any atom is 0.122 e. The molecular weight excluding hydrogens is 246 g/mol. The highest BCUT2D eigenvalue weighted by Gasteiger charge is 2.16. The van der Waals surface area contributed by atoms with Gasteiger partial charge in [0, 0.05) is 32.1 Å². The van der Waals surface area contributed by atoms with Crippen LogP contribution in [0.15, 0.2) is 18.3 Å². The molecule has 2 heterocycles. The van der Waals surface area contributed by atoms with Crippen LogP contribution in [-0.4, -0.2) is 36.3 Å². The number of nitrogens with two attached hydrogens (primary N) is 1. The Morgan fingerprint density at radius 2 is 2.44 bits per heavy atom. The third-order valence-electron chi connectivity index (χ3n) is 3.19. The number of anilines is 1. The first kappa shape index (κ1) is 13.2. The number of likely N-dealkylation sites (N-methyl/N-ethyl adjacent to an activating group) is 1. The minimum atomic E-state index is 0.324. The predicted octanol–water partition coefficient (Wildman–Crippen LogP) is 1.72. The standard InChI is InChI=1S/C13H19N3OS/c1-16(9-11-4-2-3-7-17-11)10-5-6-15-12(8-10)13(14)18/h5-6,8,11H,2-4,7,9H2,1H3,(H2,14,18). The molecule has 1 fully saturated rings. The minimum Gasteiger partial charge on any atom is -0.388 e. The summed E-state index contributed by atoms with van der Waals surface area (Å²) in [5.41, 5.74) is 7.33. The summed E-state index contributed by atoms with van der Waals surface area (Å²) < 4.78 is 5.74. The summed E-state index contributed by atoms with van der Waals surface area (Å²) in [5.74, 6) is 0. The molecule has 1 unspecified atom stereocenters. The van der Waals surface area contributed by atoms with E-state index < -0.39 is 0 Å². The van der Waals surface area contributed by atoms with Crippen molar-refractivity contribution in [3.8, 4) is 0 Å². The number of hydrogen-bond donors (Lipinski definition) is 1. The van der Waals surface area contributed by atoms with E-state index in [0.29, 0.717) is 16.8 Å². The molecule has 0 bridgehead atoms. The first-order valence-electron chi connectivity index (χ1n) is 6.25. The number of ether oxygens (including phenoxy) is 1. The maximum absolute atomic E-state index is 5.74. The first-order chi connectivity index (χ1) is 8.66. The highest BCUT2D eigenvalue weighted by Crippen LogP contribution is 2.18. The van der Waals surface area contributed by atoms with Crippen molar-refractivity contribution in [2.45, 2.75) is 25.4 Å². The third kappa shape index (κ3) is 3.40. The van der Waals surface area contributed by atoms with E-state index in [1.165, 1.54) is 12.8 Å².